The van der Waals surface area contributed by atoms with Gasteiger partial charge in [0.05, 0.1) is 5.56 Å². The van der Waals surface area contributed by atoms with Gasteiger partial charge in [0.25, 0.3) is 11.7 Å². The van der Waals surface area contributed by atoms with Gasteiger partial charge in [-0.15, -0.1) is 0 Å². The van der Waals surface area contributed by atoms with Gasteiger partial charge in [-0.05, 0) is 18.1 Å². The van der Waals surface area contributed by atoms with Crippen LogP contribution in [0.1, 0.15) is 24.2 Å². The molecule has 1 rings (SSSR count). The smallest absolute Gasteiger partial charge is 0.323 e. The predicted octanol–water partition coefficient (Wildman–Crippen LogP) is 3.18. The number of hydrogen-bond donors (Lipinski definition) is 1. The zero-order valence-corrected chi connectivity index (χ0v) is 12.6. The summed E-state index contributed by atoms with van der Waals surface area (Å²) in [7, 11) is 0. The SMILES string of the molecule is CC(C)CN(CC(=O)O)C(=O)c1ccccc1SC(F)F. The van der Waals surface area contributed by atoms with Gasteiger partial charge in [0.2, 0.25) is 0 Å². The third kappa shape index (κ3) is 5.71. The van der Waals surface area contributed by atoms with Crippen LogP contribution in [0.4, 0.5) is 8.78 Å². The second-order valence-corrected chi connectivity index (χ2v) is 5.88. The maximum absolute atomic E-state index is 12.5. The lowest BCUT2D eigenvalue weighted by Gasteiger charge is -2.23. The molecule has 7 heteroatoms. The van der Waals surface area contributed by atoms with Crippen LogP contribution in [0.2, 0.25) is 0 Å². The molecule has 0 unspecified atom stereocenters. The molecule has 21 heavy (non-hydrogen) atoms. The Kier molecular flexibility index (Phi) is 6.61. The number of benzene rings is 1. The molecule has 116 valence electrons. The molecule has 0 radical (unpaired) electrons. The summed E-state index contributed by atoms with van der Waals surface area (Å²) in [5.41, 5.74) is 0.102. The zero-order chi connectivity index (χ0) is 16.0. The Labute approximate surface area is 126 Å². The van der Waals surface area contributed by atoms with Crippen molar-refractivity contribution in [1.82, 2.24) is 4.90 Å². The van der Waals surface area contributed by atoms with Crippen LogP contribution in [0.5, 0.6) is 0 Å². The topological polar surface area (TPSA) is 57.6 Å². The van der Waals surface area contributed by atoms with Gasteiger partial charge >= 0.3 is 5.97 Å². The molecule has 0 aromatic heterocycles. The summed E-state index contributed by atoms with van der Waals surface area (Å²) in [6, 6.07) is 5.99. The molecule has 1 aromatic rings. The number of hydrogen-bond acceptors (Lipinski definition) is 3. The Morgan fingerprint density at radius 2 is 1.90 bits per heavy atom. The number of carbonyl (C=O) groups excluding carboxylic acids is 1. The van der Waals surface area contributed by atoms with Crippen LogP contribution in [-0.4, -0.2) is 40.7 Å². The highest BCUT2D eigenvalue weighted by Crippen LogP contribution is 2.29. The Hall–Kier alpha value is -1.63. The first-order valence-corrected chi connectivity index (χ1v) is 7.24. The number of thioether (sulfide) groups is 1. The molecule has 0 spiro atoms. The van der Waals surface area contributed by atoms with Gasteiger partial charge < -0.3 is 10.0 Å². The molecule has 0 fully saturated rings. The molecular formula is C14H17F2NO3S. The van der Waals surface area contributed by atoms with Crippen LogP contribution in [-0.2, 0) is 4.79 Å². The number of halogens is 2. The summed E-state index contributed by atoms with van der Waals surface area (Å²) < 4.78 is 25.1. The van der Waals surface area contributed by atoms with Gasteiger partial charge in [-0.3, -0.25) is 9.59 Å². The maximum Gasteiger partial charge on any atom is 0.323 e. The summed E-state index contributed by atoms with van der Waals surface area (Å²) in [6.45, 7) is 3.49. The fourth-order valence-corrected chi connectivity index (χ4v) is 2.47. The minimum Gasteiger partial charge on any atom is -0.480 e. The van der Waals surface area contributed by atoms with Crippen molar-refractivity contribution in [1.29, 1.82) is 0 Å². The van der Waals surface area contributed by atoms with Crippen LogP contribution in [0.15, 0.2) is 29.2 Å². The standard InChI is InChI=1S/C14H17F2NO3S/c1-9(2)7-17(8-12(18)19)13(20)10-5-3-4-6-11(10)21-14(15)16/h3-6,9,14H,7-8H2,1-2H3,(H,18,19). The number of alkyl halides is 2. The van der Waals surface area contributed by atoms with E-state index in [1.807, 2.05) is 13.8 Å². The zero-order valence-electron chi connectivity index (χ0n) is 11.8. The lowest BCUT2D eigenvalue weighted by molar-refractivity contribution is -0.137. The number of carboxylic acids is 1. The highest BCUT2D eigenvalue weighted by atomic mass is 32.2. The molecule has 1 N–H and O–H groups in total. The molecule has 0 aliphatic carbocycles. The van der Waals surface area contributed by atoms with Crippen LogP contribution in [0.25, 0.3) is 0 Å². The quantitative estimate of drug-likeness (QED) is 0.785. The fourth-order valence-electron chi connectivity index (χ4n) is 1.84. The van der Waals surface area contributed by atoms with E-state index >= 15 is 0 Å². The Morgan fingerprint density at radius 1 is 1.29 bits per heavy atom. The average molecular weight is 317 g/mol. The minimum atomic E-state index is -2.64. The van der Waals surface area contributed by atoms with Gasteiger partial charge in [-0.25, -0.2) is 0 Å². The normalized spacial score (nSPS) is 11.0. The lowest BCUT2D eigenvalue weighted by atomic mass is 10.1. The number of carbonyl (C=O) groups is 2. The minimum absolute atomic E-state index is 0.0724. The van der Waals surface area contributed by atoms with E-state index in [1.54, 1.807) is 12.1 Å². The van der Waals surface area contributed by atoms with E-state index < -0.39 is 24.2 Å². The second-order valence-electron chi connectivity index (χ2n) is 4.85. The number of rotatable bonds is 7. The van der Waals surface area contributed by atoms with Crippen molar-refractivity contribution >= 4 is 23.6 Å². The summed E-state index contributed by atoms with van der Waals surface area (Å²) >= 11 is 0.280. The van der Waals surface area contributed by atoms with Crippen molar-refractivity contribution in [2.75, 3.05) is 13.1 Å². The number of carboxylic acid groups (broad SMARTS) is 1. The summed E-state index contributed by atoms with van der Waals surface area (Å²) in [4.78, 5) is 24.6. The van der Waals surface area contributed by atoms with E-state index in [0.717, 1.165) is 4.90 Å². The number of nitrogens with zero attached hydrogens (tertiary/aromatic N) is 1. The third-order valence-corrected chi connectivity index (χ3v) is 3.32. The van der Waals surface area contributed by atoms with Crippen molar-refractivity contribution in [3.05, 3.63) is 29.8 Å². The van der Waals surface area contributed by atoms with Gasteiger partial charge in [0.1, 0.15) is 6.54 Å². The van der Waals surface area contributed by atoms with Crippen molar-refractivity contribution in [2.45, 2.75) is 24.5 Å². The van der Waals surface area contributed by atoms with Crippen molar-refractivity contribution in [3.8, 4) is 0 Å². The Balaban J connectivity index is 3.05. The first kappa shape index (κ1) is 17.4. The number of amides is 1. The average Bonchev–Trinajstić information content (AvgIpc) is 2.36. The van der Waals surface area contributed by atoms with Gasteiger partial charge in [-0.1, -0.05) is 37.7 Å². The highest BCUT2D eigenvalue weighted by molar-refractivity contribution is 7.99. The first-order valence-electron chi connectivity index (χ1n) is 6.36. The molecular weight excluding hydrogens is 300 g/mol. The van der Waals surface area contributed by atoms with E-state index in [1.165, 1.54) is 12.1 Å². The van der Waals surface area contributed by atoms with Gasteiger partial charge in [0, 0.05) is 11.4 Å². The largest absolute Gasteiger partial charge is 0.480 e. The van der Waals surface area contributed by atoms with Crippen LogP contribution >= 0.6 is 11.8 Å². The Morgan fingerprint density at radius 3 is 2.43 bits per heavy atom. The molecule has 1 aromatic carbocycles. The van der Waals surface area contributed by atoms with E-state index in [9.17, 15) is 18.4 Å². The van der Waals surface area contributed by atoms with Crippen LogP contribution < -0.4 is 0 Å². The molecule has 0 saturated heterocycles. The molecule has 4 nitrogen and oxygen atoms in total. The maximum atomic E-state index is 12.5. The highest BCUT2D eigenvalue weighted by Gasteiger charge is 2.23. The van der Waals surface area contributed by atoms with E-state index in [-0.39, 0.29) is 34.7 Å². The van der Waals surface area contributed by atoms with Crippen molar-refractivity contribution < 1.29 is 23.5 Å². The summed E-state index contributed by atoms with van der Waals surface area (Å²) in [5.74, 6) is -4.25. The van der Waals surface area contributed by atoms with Gasteiger partial charge in [-0.2, -0.15) is 8.78 Å². The second kappa shape index (κ2) is 7.97. The van der Waals surface area contributed by atoms with Crippen molar-refractivity contribution in [2.24, 2.45) is 5.92 Å². The fraction of sp³-hybridized carbons (Fsp3) is 0.429. The predicted molar refractivity (Wildman–Crippen MR) is 76.7 cm³/mol. The van der Waals surface area contributed by atoms with Gasteiger partial charge in [0.15, 0.2) is 0 Å². The lowest BCUT2D eigenvalue weighted by Crippen LogP contribution is -2.38. The molecule has 0 bridgehead atoms. The molecule has 0 aliphatic heterocycles. The van der Waals surface area contributed by atoms with E-state index in [4.69, 9.17) is 5.11 Å². The molecule has 0 heterocycles. The number of aliphatic carboxylic acids is 1. The third-order valence-electron chi connectivity index (χ3n) is 2.53. The molecule has 1 amide bonds. The van der Waals surface area contributed by atoms with Crippen molar-refractivity contribution in [3.63, 3.8) is 0 Å². The van der Waals surface area contributed by atoms with Crippen LogP contribution in [0.3, 0.4) is 0 Å². The van der Waals surface area contributed by atoms with Crippen LogP contribution in [0, 0.1) is 5.92 Å². The summed E-state index contributed by atoms with van der Waals surface area (Å²) in [5, 5.41) is 8.89. The molecule has 0 aliphatic rings. The monoisotopic (exact) mass is 317 g/mol. The van der Waals surface area contributed by atoms with E-state index in [0.29, 0.717) is 0 Å². The van der Waals surface area contributed by atoms with E-state index in [2.05, 4.69) is 0 Å². The molecule has 0 atom stereocenters. The first-order chi connectivity index (χ1) is 9.81. The molecule has 0 saturated carbocycles. The Bertz CT molecular complexity index is 509. The summed E-state index contributed by atoms with van der Waals surface area (Å²) in [6.07, 6.45) is 0.